The average molecular weight is 369 g/mol. The van der Waals surface area contributed by atoms with Crippen molar-refractivity contribution in [2.24, 2.45) is 5.41 Å². The lowest BCUT2D eigenvalue weighted by Crippen LogP contribution is -2.37. The molecule has 0 spiro atoms. The normalized spacial score (nSPS) is 18.5. The van der Waals surface area contributed by atoms with Gasteiger partial charge in [0.25, 0.3) is 0 Å². The summed E-state index contributed by atoms with van der Waals surface area (Å²) in [6.07, 6.45) is -1.49. The van der Waals surface area contributed by atoms with Crippen LogP contribution < -0.4 is 0 Å². The smallest absolute Gasteiger partial charge is 0.416 e. The Morgan fingerprint density at radius 2 is 1.88 bits per heavy atom. The van der Waals surface area contributed by atoms with E-state index in [1.54, 1.807) is 6.92 Å². The number of aromatic nitrogens is 3. The number of hydrogen-bond acceptors (Lipinski definition) is 5. The Bertz CT molecular complexity index is 765. The van der Waals surface area contributed by atoms with Gasteiger partial charge in [-0.2, -0.15) is 18.3 Å². The molecule has 140 valence electrons. The second kappa shape index (κ2) is 7.08. The lowest BCUT2D eigenvalue weighted by atomic mass is 9.87. The van der Waals surface area contributed by atoms with Gasteiger partial charge in [-0.15, -0.1) is 0 Å². The van der Waals surface area contributed by atoms with Crippen LogP contribution in [0.1, 0.15) is 18.1 Å². The van der Waals surface area contributed by atoms with E-state index in [2.05, 4.69) is 10.1 Å². The van der Waals surface area contributed by atoms with Crippen molar-refractivity contribution in [3.63, 3.8) is 0 Å². The Morgan fingerprint density at radius 3 is 2.42 bits per heavy atom. The van der Waals surface area contributed by atoms with Crippen molar-refractivity contribution in [1.29, 1.82) is 0 Å². The standard InChI is InChI=1S/C17H18F3N3O3/c1-16(7-25-11-26-8-16)15(24)14(23-10-21-9-22-23)6-12-2-4-13(5-3-12)17(18,19)20/h2-5,9-10,24H,6-8,11H2,1H3. The minimum atomic E-state index is -4.39. The van der Waals surface area contributed by atoms with E-state index < -0.39 is 17.2 Å². The fraction of sp³-hybridized carbons (Fsp3) is 0.412. The molecule has 2 aromatic rings. The van der Waals surface area contributed by atoms with E-state index in [1.165, 1.54) is 29.5 Å². The fourth-order valence-electron chi connectivity index (χ4n) is 2.75. The lowest BCUT2D eigenvalue weighted by molar-refractivity contribution is -0.155. The Balaban J connectivity index is 1.94. The first-order valence-electron chi connectivity index (χ1n) is 7.89. The summed E-state index contributed by atoms with van der Waals surface area (Å²) in [7, 11) is 0. The summed E-state index contributed by atoms with van der Waals surface area (Å²) in [5, 5.41) is 14.9. The molecular formula is C17H18F3N3O3. The van der Waals surface area contributed by atoms with Gasteiger partial charge in [0, 0.05) is 6.42 Å². The molecule has 1 aromatic carbocycles. The number of halogens is 3. The summed E-state index contributed by atoms with van der Waals surface area (Å²) < 4.78 is 50.2. The van der Waals surface area contributed by atoms with E-state index in [0.29, 0.717) is 11.3 Å². The van der Waals surface area contributed by atoms with Crippen LogP contribution in [-0.4, -0.2) is 39.9 Å². The van der Waals surface area contributed by atoms with Crippen LogP contribution in [0.25, 0.3) is 5.70 Å². The molecule has 0 aliphatic carbocycles. The van der Waals surface area contributed by atoms with Crippen LogP contribution in [0.4, 0.5) is 13.2 Å². The minimum Gasteiger partial charge on any atom is -0.510 e. The zero-order valence-corrected chi connectivity index (χ0v) is 14.0. The van der Waals surface area contributed by atoms with Crippen molar-refractivity contribution in [3.05, 3.63) is 53.8 Å². The maximum absolute atomic E-state index is 12.7. The minimum absolute atomic E-state index is 0.00241. The summed E-state index contributed by atoms with van der Waals surface area (Å²) in [5.74, 6) is 0.00241. The maximum Gasteiger partial charge on any atom is 0.416 e. The molecule has 0 radical (unpaired) electrons. The quantitative estimate of drug-likeness (QED) is 0.838. The van der Waals surface area contributed by atoms with Gasteiger partial charge in [-0.25, -0.2) is 9.67 Å². The van der Waals surface area contributed by atoms with Crippen molar-refractivity contribution in [1.82, 2.24) is 14.8 Å². The van der Waals surface area contributed by atoms with E-state index in [-0.39, 0.29) is 32.2 Å². The molecule has 9 heteroatoms. The van der Waals surface area contributed by atoms with Gasteiger partial charge < -0.3 is 14.6 Å². The van der Waals surface area contributed by atoms with Crippen molar-refractivity contribution in [2.45, 2.75) is 19.5 Å². The van der Waals surface area contributed by atoms with Crippen molar-refractivity contribution < 1.29 is 27.8 Å². The number of allylic oxidation sites excluding steroid dienone is 1. The molecule has 1 aromatic heterocycles. The summed E-state index contributed by atoms with van der Waals surface area (Å²) >= 11 is 0. The van der Waals surface area contributed by atoms with Gasteiger partial charge in [-0.3, -0.25) is 0 Å². The van der Waals surface area contributed by atoms with Crippen LogP contribution in [0.2, 0.25) is 0 Å². The number of hydrogen-bond donors (Lipinski definition) is 1. The molecule has 0 atom stereocenters. The molecule has 0 bridgehead atoms. The molecule has 6 nitrogen and oxygen atoms in total. The summed E-state index contributed by atoms with van der Waals surface area (Å²) in [6, 6.07) is 4.78. The van der Waals surface area contributed by atoms with Gasteiger partial charge in [0.2, 0.25) is 0 Å². The van der Waals surface area contributed by atoms with Crippen LogP contribution in [-0.2, 0) is 22.1 Å². The Kier molecular flexibility index (Phi) is 5.01. The molecule has 1 N–H and O–H groups in total. The van der Waals surface area contributed by atoms with Gasteiger partial charge in [0.1, 0.15) is 25.2 Å². The maximum atomic E-state index is 12.7. The summed E-state index contributed by atoms with van der Waals surface area (Å²) in [6.45, 7) is 2.44. The third-order valence-electron chi connectivity index (χ3n) is 4.20. The highest BCUT2D eigenvalue weighted by atomic mass is 19.4. The van der Waals surface area contributed by atoms with Crippen molar-refractivity contribution >= 4 is 5.70 Å². The SMILES string of the molecule is CC1(C(O)=C(Cc2ccc(C(F)(F)F)cc2)n2cncn2)COCOC1. The van der Waals surface area contributed by atoms with Crippen LogP contribution in [0.3, 0.4) is 0 Å². The molecule has 2 heterocycles. The number of aliphatic hydroxyl groups is 1. The highest BCUT2D eigenvalue weighted by Gasteiger charge is 2.36. The van der Waals surface area contributed by atoms with E-state index in [0.717, 1.165) is 12.1 Å². The predicted octanol–water partition coefficient (Wildman–Crippen LogP) is 3.28. The zero-order chi connectivity index (χ0) is 18.8. The molecule has 0 amide bonds. The predicted molar refractivity (Wildman–Crippen MR) is 85.9 cm³/mol. The molecule has 26 heavy (non-hydrogen) atoms. The second-order valence-corrected chi connectivity index (χ2v) is 6.38. The number of ether oxygens (including phenoxy) is 2. The van der Waals surface area contributed by atoms with Crippen LogP contribution in [0.15, 0.2) is 42.7 Å². The highest BCUT2D eigenvalue weighted by molar-refractivity contribution is 5.53. The molecule has 0 saturated carbocycles. The molecule has 1 aliphatic rings. The van der Waals surface area contributed by atoms with Crippen molar-refractivity contribution in [2.75, 3.05) is 20.0 Å². The number of nitrogens with zero attached hydrogens (tertiary/aromatic N) is 3. The average Bonchev–Trinajstić information content (AvgIpc) is 3.14. The van der Waals surface area contributed by atoms with E-state index >= 15 is 0 Å². The lowest BCUT2D eigenvalue weighted by Gasteiger charge is -2.33. The first-order valence-corrected chi connectivity index (χ1v) is 7.89. The van der Waals surface area contributed by atoms with Gasteiger partial charge in [0.15, 0.2) is 0 Å². The van der Waals surface area contributed by atoms with Crippen molar-refractivity contribution in [3.8, 4) is 0 Å². The fourth-order valence-corrected chi connectivity index (χ4v) is 2.75. The van der Waals surface area contributed by atoms with Gasteiger partial charge in [-0.1, -0.05) is 12.1 Å². The molecular weight excluding hydrogens is 351 g/mol. The highest BCUT2D eigenvalue weighted by Crippen LogP contribution is 2.34. The molecule has 1 aliphatic heterocycles. The summed E-state index contributed by atoms with van der Waals surface area (Å²) in [4.78, 5) is 3.88. The van der Waals surface area contributed by atoms with E-state index in [4.69, 9.17) is 9.47 Å². The van der Waals surface area contributed by atoms with Crippen LogP contribution in [0.5, 0.6) is 0 Å². The first kappa shape index (κ1) is 18.4. The number of alkyl halides is 3. The Hall–Kier alpha value is -2.39. The zero-order valence-electron chi connectivity index (χ0n) is 14.0. The molecule has 0 unspecified atom stereocenters. The van der Waals surface area contributed by atoms with Gasteiger partial charge >= 0.3 is 6.18 Å². The number of rotatable bonds is 4. The Morgan fingerprint density at radius 1 is 1.23 bits per heavy atom. The van der Waals surface area contributed by atoms with E-state index in [1.807, 2.05) is 0 Å². The molecule has 1 fully saturated rings. The van der Waals surface area contributed by atoms with E-state index in [9.17, 15) is 18.3 Å². The largest absolute Gasteiger partial charge is 0.510 e. The molecule has 3 rings (SSSR count). The summed E-state index contributed by atoms with van der Waals surface area (Å²) in [5.41, 5.74) is -0.515. The van der Waals surface area contributed by atoms with Crippen LogP contribution >= 0.6 is 0 Å². The third-order valence-corrected chi connectivity index (χ3v) is 4.20. The first-order chi connectivity index (χ1) is 12.3. The Labute approximate surface area is 147 Å². The number of aliphatic hydroxyl groups excluding tert-OH is 1. The van der Waals surface area contributed by atoms with Gasteiger partial charge in [-0.05, 0) is 24.6 Å². The third kappa shape index (κ3) is 3.88. The second-order valence-electron chi connectivity index (χ2n) is 6.38. The number of benzene rings is 1. The molecule has 1 saturated heterocycles. The van der Waals surface area contributed by atoms with Gasteiger partial charge in [0.05, 0.1) is 29.9 Å². The monoisotopic (exact) mass is 369 g/mol. The van der Waals surface area contributed by atoms with Crippen LogP contribution in [0, 0.1) is 5.41 Å². The topological polar surface area (TPSA) is 69.4 Å².